The number of rotatable bonds is 5. The van der Waals surface area contributed by atoms with Crippen LogP contribution in [0.4, 0.5) is 0 Å². The van der Waals surface area contributed by atoms with Crippen LogP contribution >= 0.6 is 0 Å². The van der Waals surface area contributed by atoms with Crippen LogP contribution in [0.15, 0.2) is 48.5 Å². The molecular formula is C18H21N3. The molecule has 3 nitrogen and oxygen atoms in total. The van der Waals surface area contributed by atoms with E-state index in [1.807, 2.05) is 11.7 Å². The average Bonchev–Trinajstić information content (AvgIpc) is 2.82. The fourth-order valence-corrected chi connectivity index (χ4v) is 2.74. The number of para-hydroxylation sites is 1. The van der Waals surface area contributed by atoms with E-state index in [1.54, 1.807) is 0 Å². The van der Waals surface area contributed by atoms with Gasteiger partial charge in [-0.15, -0.1) is 0 Å². The third-order valence-electron chi connectivity index (χ3n) is 3.96. The first-order valence-corrected chi connectivity index (χ1v) is 7.41. The molecule has 0 aliphatic heterocycles. The summed E-state index contributed by atoms with van der Waals surface area (Å²) in [6.45, 7) is 3.95. The largest absolute Gasteiger partial charge is 0.311 e. The van der Waals surface area contributed by atoms with Gasteiger partial charge < -0.3 is 5.32 Å². The Balaban J connectivity index is 1.61. The maximum atomic E-state index is 4.61. The lowest BCUT2D eigenvalue weighted by atomic mass is 10.1. The highest BCUT2D eigenvalue weighted by atomic mass is 15.3. The lowest BCUT2D eigenvalue weighted by Gasteiger charge is -2.06. The summed E-state index contributed by atoms with van der Waals surface area (Å²) in [5.41, 5.74) is 5.09. The van der Waals surface area contributed by atoms with Crippen molar-refractivity contribution in [2.75, 3.05) is 6.54 Å². The number of nitrogens with one attached hydrogen (secondary N) is 1. The van der Waals surface area contributed by atoms with Crippen LogP contribution < -0.4 is 5.32 Å². The van der Waals surface area contributed by atoms with E-state index in [0.717, 1.165) is 25.2 Å². The molecule has 1 N–H and O–H groups in total. The van der Waals surface area contributed by atoms with Gasteiger partial charge in [0.15, 0.2) is 0 Å². The lowest BCUT2D eigenvalue weighted by Crippen LogP contribution is -2.17. The summed E-state index contributed by atoms with van der Waals surface area (Å²) in [5, 5.41) is 9.35. The molecule has 0 saturated carbocycles. The Labute approximate surface area is 125 Å². The summed E-state index contributed by atoms with van der Waals surface area (Å²) in [6, 6.07) is 16.9. The molecule has 0 bridgehead atoms. The predicted molar refractivity (Wildman–Crippen MR) is 87.3 cm³/mol. The summed E-state index contributed by atoms with van der Waals surface area (Å²) >= 11 is 0. The molecule has 3 heteroatoms. The van der Waals surface area contributed by atoms with E-state index in [-0.39, 0.29) is 0 Å². The van der Waals surface area contributed by atoms with E-state index in [4.69, 9.17) is 0 Å². The van der Waals surface area contributed by atoms with Gasteiger partial charge in [0.1, 0.15) is 0 Å². The van der Waals surface area contributed by atoms with E-state index >= 15 is 0 Å². The third-order valence-corrected chi connectivity index (χ3v) is 3.96. The summed E-state index contributed by atoms with van der Waals surface area (Å²) in [7, 11) is 2.00. The van der Waals surface area contributed by atoms with Crippen LogP contribution in [-0.2, 0) is 20.0 Å². The van der Waals surface area contributed by atoms with Crippen molar-refractivity contribution in [1.29, 1.82) is 0 Å². The zero-order valence-electron chi connectivity index (χ0n) is 12.6. The van der Waals surface area contributed by atoms with E-state index in [1.165, 1.54) is 22.0 Å². The van der Waals surface area contributed by atoms with Gasteiger partial charge in [-0.2, -0.15) is 5.10 Å². The minimum absolute atomic E-state index is 0.813. The number of hydrogen-bond acceptors (Lipinski definition) is 2. The van der Waals surface area contributed by atoms with Gasteiger partial charge in [-0.25, -0.2) is 0 Å². The van der Waals surface area contributed by atoms with Crippen molar-refractivity contribution >= 4 is 10.9 Å². The second kappa shape index (κ2) is 6.10. The maximum absolute atomic E-state index is 4.61. The smallest absolute Gasteiger partial charge is 0.0841 e. The first-order chi connectivity index (χ1) is 10.3. The second-order valence-electron chi connectivity index (χ2n) is 5.44. The average molecular weight is 279 g/mol. The van der Waals surface area contributed by atoms with Crippen LogP contribution in [0.1, 0.15) is 16.8 Å². The fraction of sp³-hybridized carbons (Fsp3) is 0.278. The van der Waals surface area contributed by atoms with Crippen LogP contribution in [0.25, 0.3) is 10.9 Å². The highest BCUT2D eigenvalue weighted by Gasteiger charge is 2.06. The Hall–Kier alpha value is -2.13. The summed E-state index contributed by atoms with van der Waals surface area (Å²) in [4.78, 5) is 0. The number of fused-ring (bicyclic) bond motifs is 1. The predicted octanol–water partition coefficient (Wildman–Crippen LogP) is 3.21. The molecule has 3 aromatic rings. The topological polar surface area (TPSA) is 29.9 Å². The van der Waals surface area contributed by atoms with Crippen LogP contribution in [0.2, 0.25) is 0 Å². The molecule has 3 rings (SSSR count). The minimum atomic E-state index is 0.813. The van der Waals surface area contributed by atoms with Gasteiger partial charge in [-0.05, 0) is 37.1 Å². The van der Waals surface area contributed by atoms with Gasteiger partial charge in [-0.3, -0.25) is 4.68 Å². The van der Waals surface area contributed by atoms with Crippen molar-refractivity contribution in [3.8, 4) is 0 Å². The van der Waals surface area contributed by atoms with E-state index in [2.05, 4.69) is 65.9 Å². The van der Waals surface area contributed by atoms with Crippen molar-refractivity contribution in [1.82, 2.24) is 15.1 Å². The normalized spacial score (nSPS) is 11.1. The number of hydrogen-bond donors (Lipinski definition) is 1. The van der Waals surface area contributed by atoms with Gasteiger partial charge in [-0.1, -0.05) is 42.5 Å². The fourth-order valence-electron chi connectivity index (χ4n) is 2.74. The minimum Gasteiger partial charge on any atom is -0.311 e. The molecule has 0 amide bonds. The first-order valence-electron chi connectivity index (χ1n) is 7.41. The number of nitrogens with zero attached hydrogens (tertiary/aromatic N) is 2. The van der Waals surface area contributed by atoms with E-state index < -0.39 is 0 Å². The lowest BCUT2D eigenvalue weighted by molar-refractivity contribution is 0.658. The molecule has 0 unspecified atom stereocenters. The van der Waals surface area contributed by atoms with Gasteiger partial charge in [0, 0.05) is 19.0 Å². The van der Waals surface area contributed by atoms with Crippen LogP contribution in [0.5, 0.6) is 0 Å². The quantitative estimate of drug-likeness (QED) is 0.727. The maximum Gasteiger partial charge on any atom is 0.0841 e. The van der Waals surface area contributed by atoms with Gasteiger partial charge in [0.25, 0.3) is 0 Å². The van der Waals surface area contributed by atoms with Crippen molar-refractivity contribution in [3.63, 3.8) is 0 Å². The van der Waals surface area contributed by atoms with Gasteiger partial charge in [0.05, 0.1) is 11.2 Å². The molecule has 0 aliphatic rings. The molecule has 0 saturated heterocycles. The molecule has 2 aromatic carbocycles. The molecule has 0 spiro atoms. The second-order valence-corrected chi connectivity index (χ2v) is 5.44. The monoisotopic (exact) mass is 279 g/mol. The summed E-state index contributed by atoms with van der Waals surface area (Å²) < 4.78 is 1.95. The Morgan fingerprint density at radius 1 is 1.05 bits per heavy atom. The SMILES string of the molecule is Cc1ccccc1CCNCc1nn(C)c2ccccc12. The van der Waals surface area contributed by atoms with Crippen molar-refractivity contribution in [3.05, 3.63) is 65.4 Å². The molecular weight excluding hydrogens is 258 g/mol. The zero-order valence-corrected chi connectivity index (χ0v) is 12.6. The molecule has 108 valence electrons. The molecule has 1 heterocycles. The summed E-state index contributed by atoms with van der Waals surface area (Å²) in [6.07, 6.45) is 1.05. The standard InChI is InChI=1S/C18H21N3/c1-14-7-3-4-8-15(14)11-12-19-13-17-16-9-5-6-10-18(16)21(2)20-17/h3-10,19H,11-13H2,1-2H3. The molecule has 21 heavy (non-hydrogen) atoms. The van der Waals surface area contributed by atoms with Gasteiger partial charge >= 0.3 is 0 Å². The van der Waals surface area contributed by atoms with Crippen molar-refractivity contribution in [2.45, 2.75) is 19.9 Å². The van der Waals surface area contributed by atoms with Crippen LogP contribution in [-0.4, -0.2) is 16.3 Å². The molecule has 0 radical (unpaired) electrons. The van der Waals surface area contributed by atoms with Crippen molar-refractivity contribution in [2.24, 2.45) is 7.05 Å². The number of benzene rings is 2. The number of aryl methyl sites for hydroxylation is 2. The zero-order chi connectivity index (χ0) is 14.7. The number of aromatic nitrogens is 2. The highest BCUT2D eigenvalue weighted by Crippen LogP contribution is 2.17. The van der Waals surface area contributed by atoms with Gasteiger partial charge in [0.2, 0.25) is 0 Å². The Kier molecular flexibility index (Phi) is 4.02. The third kappa shape index (κ3) is 2.98. The van der Waals surface area contributed by atoms with Crippen molar-refractivity contribution < 1.29 is 0 Å². The van der Waals surface area contributed by atoms with Crippen LogP contribution in [0, 0.1) is 6.92 Å². The van der Waals surface area contributed by atoms with E-state index in [0.29, 0.717) is 0 Å². The molecule has 0 atom stereocenters. The van der Waals surface area contributed by atoms with Crippen LogP contribution in [0.3, 0.4) is 0 Å². The highest BCUT2D eigenvalue weighted by molar-refractivity contribution is 5.81. The Morgan fingerprint density at radius 2 is 1.81 bits per heavy atom. The molecule has 0 aliphatic carbocycles. The summed E-state index contributed by atoms with van der Waals surface area (Å²) in [5.74, 6) is 0. The first kappa shape index (κ1) is 13.8. The molecule has 1 aromatic heterocycles. The Bertz CT molecular complexity index is 743. The van der Waals surface area contributed by atoms with E-state index in [9.17, 15) is 0 Å². The Morgan fingerprint density at radius 3 is 2.67 bits per heavy atom. The molecule has 0 fully saturated rings.